The van der Waals surface area contributed by atoms with Crippen molar-refractivity contribution in [2.75, 3.05) is 6.73 Å². The highest BCUT2D eigenvalue weighted by Crippen LogP contribution is 2.41. The van der Waals surface area contributed by atoms with Gasteiger partial charge in [0.15, 0.2) is 5.76 Å². The quantitative estimate of drug-likeness (QED) is 0.532. The molecule has 0 bridgehead atoms. The van der Waals surface area contributed by atoms with Crippen molar-refractivity contribution >= 4 is 11.9 Å². The number of ether oxygens (including phenoxy) is 2. The van der Waals surface area contributed by atoms with Crippen LogP contribution in [0.15, 0.2) is 84.6 Å². The summed E-state index contributed by atoms with van der Waals surface area (Å²) < 4.78 is 12.0. The summed E-state index contributed by atoms with van der Waals surface area (Å²) >= 11 is 0. The van der Waals surface area contributed by atoms with Gasteiger partial charge in [-0.3, -0.25) is 9.69 Å². The third-order valence-electron chi connectivity index (χ3n) is 5.54. The van der Waals surface area contributed by atoms with E-state index in [1.165, 1.54) is 11.1 Å². The molecule has 0 radical (unpaired) electrons. The molecular weight excluding hydrogens is 386 g/mol. The summed E-state index contributed by atoms with van der Waals surface area (Å²) in [6.07, 6.45) is 5.53. The van der Waals surface area contributed by atoms with Crippen molar-refractivity contribution in [2.45, 2.75) is 20.0 Å². The molecule has 0 amide bonds. The Morgan fingerprint density at radius 3 is 2.61 bits per heavy atom. The van der Waals surface area contributed by atoms with Gasteiger partial charge in [0.25, 0.3) is 0 Å². The largest absolute Gasteiger partial charge is 0.478 e. The number of hydrogen-bond donors (Lipinski definition) is 0. The number of Topliss-reactive ketones (excluding diaryl/α,β-unsaturated/α-hetero) is 1. The molecule has 5 rings (SSSR count). The van der Waals surface area contributed by atoms with Gasteiger partial charge in [-0.15, -0.1) is 0 Å². The summed E-state index contributed by atoms with van der Waals surface area (Å²) in [5, 5.41) is 0. The molecule has 0 unspecified atom stereocenters. The third-order valence-corrected chi connectivity index (χ3v) is 5.54. The predicted octanol–water partition coefficient (Wildman–Crippen LogP) is 5.52. The van der Waals surface area contributed by atoms with E-state index in [1.807, 2.05) is 48.6 Å². The minimum Gasteiger partial charge on any atom is -0.478 e. The highest BCUT2D eigenvalue weighted by molar-refractivity contribution is 6.13. The summed E-state index contributed by atoms with van der Waals surface area (Å²) in [5.41, 5.74) is 5.07. The molecule has 0 fully saturated rings. The Hall–Kier alpha value is -3.63. The lowest BCUT2D eigenvalue weighted by Gasteiger charge is -2.29. The van der Waals surface area contributed by atoms with Gasteiger partial charge in [-0.05, 0) is 36.3 Å². The molecule has 31 heavy (non-hydrogen) atoms. The maximum Gasteiger partial charge on any atom is 0.231 e. The van der Waals surface area contributed by atoms with E-state index in [0.29, 0.717) is 30.3 Å². The standard InChI is InChI=1S/C27H23NO3/c1-19-10-12-21(13-11-19)16-28-17-23-24(30-18-28)15-14-22-26(29)25(31-27(22)23)9-5-8-20-6-3-2-4-7-20/h2-15H,16-18H2,1H3/b8-5+,25-9+. The van der Waals surface area contributed by atoms with E-state index >= 15 is 0 Å². The Labute approximate surface area is 182 Å². The van der Waals surface area contributed by atoms with Gasteiger partial charge in [-0.2, -0.15) is 0 Å². The van der Waals surface area contributed by atoms with Crippen LogP contribution < -0.4 is 9.47 Å². The van der Waals surface area contributed by atoms with E-state index in [0.717, 1.165) is 23.4 Å². The molecule has 0 spiro atoms. The number of benzene rings is 3. The Morgan fingerprint density at radius 1 is 1.00 bits per heavy atom. The second-order valence-corrected chi connectivity index (χ2v) is 7.90. The van der Waals surface area contributed by atoms with Gasteiger partial charge in [-0.25, -0.2) is 0 Å². The van der Waals surface area contributed by atoms with E-state index < -0.39 is 0 Å². The Kier molecular flexibility index (Phi) is 5.14. The molecular formula is C27H23NO3. The average molecular weight is 409 g/mol. The number of nitrogens with zero attached hydrogens (tertiary/aromatic N) is 1. The van der Waals surface area contributed by atoms with E-state index in [4.69, 9.17) is 9.47 Å². The first-order valence-corrected chi connectivity index (χ1v) is 10.4. The third kappa shape index (κ3) is 4.03. The van der Waals surface area contributed by atoms with Crippen LogP contribution in [0.1, 0.15) is 32.6 Å². The summed E-state index contributed by atoms with van der Waals surface area (Å²) in [6, 6.07) is 22.2. The number of carbonyl (C=O) groups is 1. The van der Waals surface area contributed by atoms with Crippen molar-refractivity contribution in [1.29, 1.82) is 0 Å². The van der Waals surface area contributed by atoms with Crippen LogP contribution in [0.25, 0.3) is 6.08 Å². The lowest BCUT2D eigenvalue weighted by Crippen LogP contribution is -2.31. The molecule has 4 heteroatoms. The van der Waals surface area contributed by atoms with Crippen LogP contribution in [0.2, 0.25) is 0 Å². The summed E-state index contributed by atoms with van der Waals surface area (Å²) in [7, 11) is 0. The van der Waals surface area contributed by atoms with E-state index in [2.05, 4.69) is 36.1 Å². The number of carbonyl (C=O) groups excluding carboxylic acids is 1. The minimum absolute atomic E-state index is 0.0915. The highest BCUT2D eigenvalue weighted by atomic mass is 16.5. The van der Waals surface area contributed by atoms with Crippen molar-refractivity contribution in [3.8, 4) is 11.5 Å². The van der Waals surface area contributed by atoms with Crippen molar-refractivity contribution < 1.29 is 14.3 Å². The number of fused-ring (bicyclic) bond motifs is 3. The fourth-order valence-electron chi connectivity index (χ4n) is 3.88. The fourth-order valence-corrected chi connectivity index (χ4v) is 3.88. The monoisotopic (exact) mass is 409 g/mol. The van der Waals surface area contributed by atoms with Crippen LogP contribution in [0.3, 0.4) is 0 Å². The first-order valence-electron chi connectivity index (χ1n) is 10.4. The van der Waals surface area contributed by atoms with Crippen LogP contribution in [0.5, 0.6) is 11.5 Å². The first kappa shape index (κ1) is 19.3. The number of ketones is 1. The lowest BCUT2D eigenvalue weighted by atomic mass is 10.0. The summed E-state index contributed by atoms with van der Waals surface area (Å²) in [5.74, 6) is 1.65. The van der Waals surface area contributed by atoms with Gasteiger partial charge >= 0.3 is 0 Å². The van der Waals surface area contributed by atoms with Crippen molar-refractivity contribution in [1.82, 2.24) is 4.90 Å². The van der Waals surface area contributed by atoms with Crippen LogP contribution in [0.4, 0.5) is 0 Å². The van der Waals surface area contributed by atoms with E-state index in [9.17, 15) is 4.79 Å². The molecule has 0 saturated heterocycles. The maximum absolute atomic E-state index is 12.8. The van der Waals surface area contributed by atoms with E-state index in [-0.39, 0.29) is 5.78 Å². The zero-order chi connectivity index (χ0) is 21.2. The predicted molar refractivity (Wildman–Crippen MR) is 121 cm³/mol. The number of aryl methyl sites for hydroxylation is 1. The Balaban J connectivity index is 1.36. The Morgan fingerprint density at radius 2 is 1.81 bits per heavy atom. The fraction of sp³-hybridized carbons (Fsp3) is 0.148. The topological polar surface area (TPSA) is 38.8 Å². The second kappa shape index (κ2) is 8.25. The average Bonchev–Trinajstić information content (AvgIpc) is 3.12. The summed E-state index contributed by atoms with van der Waals surface area (Å²) in [4.78, 5) is 15.1. The number of rotatable bonds is 4. The zero-order valence-electron chi connectivity index (χ0n) is 17.4. The molecule has 0 N–H and O–H groups in total. The zero-order valence-corrected chi connectivity index (χ0v) is 17.4. The smallest absolute Gasteiger partial charge is 0.231 e. The molecule has 2 aliphatic rings. The van der Waals surface area contributed by atoms with E-state index in [1.54, 1.807) is 12.1 Å². The van der Waals surface area contributed by atoms with Crippen molar-refractivity contribution in [2.24, 2.45) is 0 Å². The number of hydrogen-bond acceptors (Lipinski definition) is 4. The molecule has 3 aromatic rings. The molecule has 2 heterocycles. The lowest BCUT2D eigenvalue weighted by molar-refractivity contribution is 0.0872. The van der Waals surface area contributed by atoms with Gasteiger partial charge in [0.1, 0.15) is 18.2 Å². The molecule has 2 aliphatic heterocycles. The molecule has 0 aliphatic carbocycles. The Bertz CT molecular complexity index is 1180. The number of allylic oxidation sites excluding steroid dienone is 3. The first-order chi connectivity index (χ1) is 15.2. The maximum atomic E-state index is 12.8. The summed E-state index contributed by atoms with van der Waals surface area (Å²) in [6.45, 7) is 4.05. The van der Waals surface area contributed by atoms with Crippen LogP contribution in [-0.4, -0.2) is 17.4 Å². The SMILES string of the molecule is Cc1ccc(CN2COc3ccc4c(c3C2)O/C(=C/C=C/c2ccccc2)C4=O)cc1. The molecule has 154 valence electrons. The molecule has 3 aromatic carbocycles. The normalized spacial score (nSPS) is 16.8. The second-order valence-electron chi connectivity index (χ2n) is 7.90. The van der Waals surface area contributed by atoms with Crippen LogP contribution in [-0.2, 0) is 13.1 Å². The van der Waals surface area contributed by atoms with Crippen molar-refractivity contribution in [3.05, 3.63) is 112 Å². The van der Waals surface area contributed by atoms with Crippen LogP contribution in [0, 0.1) is 6.92 Å². The van der Waals surface area contributed by atoms with Crippen LogP contribution >= 0.6 is 0 Å². The molecule has 0 atom stereocenters. The van der Waals surface area contributed by atoms with Gasteiger partial charge in [0.2, 0.25) is 5.78 Å². The van der Waals surface area contributed by atoms with Crippen molar-refractivity contribution in [3.63, 3.8) is 0 Å². The van der Waals surface area contributed by atoms with Gasteiger partial charge in [0.05, 0.1) is 11.1 Å². The van der Waals surface area contributed by atoms with Gasteiger partial charge < -0.3 is 9.47 Å². The molecule has 0 aromatic heterocycles. The minimum atomic E-state index is -0.0915. The highest BCUT2D eigenvalue weighted by Gasteiger charge is 2.33. The van der Waals surface area contributed by atoms with Gasteiger partial charge in [0, 0.05) is 13.1 Å². The molecule has 4 nitrogen and oxygen atoms in total. The van der Waals surface area contributed by atoms with Gasteiger partial charge in [-0.1, -0.05) is 72.3 Å². The molecule has 0 saturated carbocycles.